The Morgan fingerprint density at radius 2 is 2.33 bits per heavy atom. The van der Waals surface area contributed by atoms with E-state index in [1.807, 2.05) is 0 Å². The van der Waals surface area contributed by atoms with E-state index >= 15 is 0 Å². The minimum Gasteiger partial charge on any atom is -0.354 e. The van der Waals surface area contributed by atoms with E-state index in [4.69, 9.17) is 0 Å². The topological polar surface area (TPSA) is 41.1 Å². The summed E-state index contributed by atoms with van der Waals surface area (Å²) in [4.78, 5) is 11.7. The summed E-state index contributed by atoms with van der Waals surface area (Å²) in [5.74, 6) is 0.849. The summed E-state index contributed by atoms with van der Waals surface area (Å²) < 4.78 is 0. The number of hydrogen-bond acceptors (Lipinski definition) is 2. The number of hydrogen-bond donors (Lipinski definition) is 2. The third kappa shape index (κ3) is 3.06. The maximum Gasteiger partial charge on any atom is 0.237 e. The summed E-state index contributed by atoms with van der Waals surface area (Å²) in [5, 5.41) is 6.28. The van der Waals surface area contributed by atoms with E-state index in [-0.39, 0.29) is 11.9 Å². The van der Waals surface area contributed by atoms with E-state index in [1.54, 1.807) is 0 Å². The molecule has 0 aromatic carbocycles. The molecule has 1 amide bonds. The lowest BCUT2D eigenvalue weighted by atomic mass is 9.94. The van der Waals surface area contributed by atoms with Crippen LogP contribution in [-0.4, -0.2) is 25.0 Å². The fourth-order valence-electron chi connectivity index (χ4n) is 2.32. The highest BCUT2D eigenvalue weighted by atomic mass is 16.2. The van der Waals surface area contributed by atoms with Crippen LogP contribution in [0.4, 0.5) is 0 Å². The van der Waals surface area contributed by atoms with Crippen molar-refractivity contribution in [2.45, 2.75) is 38.1 Å². The van der Waals surface area contributed by atoms with Gasteiger partial charge in [-0.2, -0.15) is 0 Å². The van der Waals surface area contributed by atoms with Gasteiger partial charge in [0.2, 0.25) is 5.91 Å². The largest absolute Gasteiger partial charge is 0.354 e. The second-order valence-electron chi connectivity index (χ2n) is 4.54. The molecular weight excluding hydrogens is 188 g/mol. The predicted molar refractivity (Wildman–Crippen MR) is 60.5 cm³/mol. The number of allylic oxidation sites excluding steroid dienone is 2. The standard InChI is InChI=1S/C12H20N2O/c15-12(11-7-4-8-13-11)14-9-10-5-2-1-3-6-10/h1-2,10-11,13H,3-9H2,(H,14,15)/t10?,11-/m1/s1. The predicted octanol–water partition coefficient (Wildman–Crippen LogP) is 1.21. The van der Waals surface area contributed by atoms with Gasteiger partial charge in [-0.15, -0.1) is 0 Å². The van der Waals surface area contributed by atoms with Gasteiger partial charge in [0, 0.05) is 6.54 Å². The van der Waals surface area contributed by atoms with Crippen molar-refractivity contribution in [3.63, 3.8) is 0 Å². The number of carbonyl (C=O) groups is 1. The number of nitrogens with one attached hydrogen (secondary N) is 2. The summed E-state index contributed by atoms with van der Waals surface area (Å²) in [7, 11) is 0. The van der Waals surface area contributed by atoms with E-state index in [0.717, 1.165) is 32.4 Å². The maximum absolute atomic E-state index is 11.7. The Morgan fingerprint density at radius 1 is 1.40 bits per heavy atom. The molecule has 1 saturated heterocycles. The van der Waals surface area contributed by atoms with Crippen molar-refractivity contribution < 1.29 is 4.79 Å². The summed E-state index contributed by atoms with van der Waals surface area (Å²) in [6, 6.07) is 0.0733. The third-order valence-electron chi connectivity index (χ3n) is 3.32. The Kier molecular flexibility index (Phi) is 3.78. The van der Waals surface area contributed by atoms with Crippen molar-refractivity contribution >= 4 is 5.91 Å². The quantitative estimate of drug-likeness (QED) is 0.684. The van der Waals surface area contributed by atoms with E-state index in [2.05, 4.69) is 22.8 Å². The molecule has 0 bridgehead atoms. The maximum atomic E-state index is 11.7. The number of amides is 1. The molecule has 0 saturated carbocycles. The first-order valence-electron chi connectivity index (χ1n) is 6.02. The van der Waals surface area contributed by atoms with Gasteiger partial charge < -0.3 is 10.6 Å². The van der Waals surface area contributed by atoms with Gasteiger partial charge in [-0.25, -0.2) is 0 Å². The van der Waals surface area contributed by atoms with Crippen molar-refractivity contribution in [1.29, 1.82) is 0 Å². The van der Waals surface area contributed by atoms with Crippen LogP contribution in [0.1, 0.15) is 32.1 Å². The highest BCUT2D eigenvalue weighted by Crippen LogP contribution is 2.17. The lowest BCUT2D eigenvalue weighted by molar-refractivity contribution is -0.122. The molecule has 0 radical (unpaired) electrons. The first-order valence-corrected chi connectivity index (χ1v) is 6.02. The molecule has 0 spiro atoms. The molecule has 2 atom stereocenters. The van der Waals surface area contributed by atoms with E-state index in [0.29, 0.717) is 5.92 Å². The minimum atomic E-state index is 0.0733. The van der Waals surface area contributed by atoms with E-state index < -0.39 is 0 Å². The van der Waals surface area contributed by atoms with Gasteiger partial charge >= 0.3 is 0 Å². The summed E-state index contributed by atoms with van der Waals surface area (Å²) >= 11 is 0. The molecule has 2 aliphatic rings. The van der Waals surface area contributed by atoms with E-state index in [1.165, 1.54) is 12.8 Å². The average Bonchev–Trinajstić information content (AvgIpc) is 2.81. The molecule has 2 rings (SSSR count). The van der Waals surface area contributed by atoms with Crippen molar-refractivity contribution in [1.82, 2.24) is 10.6 Å². The summed E-state index contributed by atoms with van der Waals surface area (Å²) in [6.45, 7) is 1.84. The molecule has 84 valence electrons. The fourth-order valence-corrected chi connectivity index (χ4v) is 2.32. The van der Waals surface area contributed by atoms with Gasteiger partial charge in [-0.1, -0.05) is 12.2 Å². The Hall–Kier alpha value is -0.830. The number of rotatable bonds is 3. The van der Waals surface area contributed by atoms with Gasteiger partial charge in [0.25, 0.3) is 0 Å². The zero-order valence-corrected chi connectivity index (χ0v) is 9.17. The Balaban J connectivity index is 1.68. The monoisotopic (exact) mass is 208 g/mol. The molecule has 3 nitrogen and oxygen atoms in total. The van der Waals surface area contributed by atoms with Crippen LogP contribution < -0.4 is 10.6 Å². The molecule has 2 N–H and O–H groups in total. The molecule has 0 aromatic rings. The lowest BCUT2D eigenvalue weighted by Gasteiger charge is -2.19. The highest BCUT2D eigenvalue weighted by Gasteiger charge is 2.22. The molecule has 1 aliphatic carbocycles. The van der Waals surface area contributed by atoms with Crippen molar-refractivity contribution in [3.05, 3.63) is 12.2 Å². The lowest BCUT2D eigenvalue weighted by Crippen LogP contribution is -2.42. The second kappa shape index (κ2) is 5.31. The molecular formula is C12H20N2O. The smallest absolute Gasteiger partial charge is 0.237 e. The van der Waals surface area contributed by atoms with Gasteiger partial charge in [-0.05, 0) is 44.6 Å². The van der Waals surface area contributed by atoms with Gasteiger partial charge in [0.1, 0.15) is 0 Å². The first kappa shape index (κ1) is 10.7. The average molecular weight is 208 g/mol. The van der Waals surface area contributed by atoms with Crippen LogP contribution in [0.25, 0.3) is 0 Å². The molecule has 1 aliphatic heterocycles. The zero-order chi connectivity index (χ0) is 10.5. The molecule has 1 heterocycles. The van der Waals surface area contributed by atoms with Gasteiger partial charge in [0.05, 0.1) is 6.04 Å². The third-order valence-corrected chi connectivity index (χ3v) is 3.32. The van der Waals surface area contributed by atoms with E-state index in [9.17, 15) is 4.79 Å². The fraction of sp³-hybridized carbons (Fsp3) is 0.750. The Morgan fingerprint density at radius 3 is 3.00 bits per heavy atom. The van der Waals surface area contributed by atoms with Crippen LogP contribution in [0, 0.1) is 5.92 Å². The molecule has 15 heavy (non-hydrogen) atoms. The molecule has 3 heteroatoms. The normalized spacial score (nSPS) is 30.4. The molecule has 0 aromatic heterocycles. The van der Waals surface area contributed by atoms with Crippen LogP contribution >= 0.6 is 0 Å². The number of carbonyl (C=O) groups excluding carboxylic acids is 1. The van der Waals surface area contributed by atoms with Crippen LogP contribution in [0.5, 0.6) is 0 Å². The highest BCUT2D eigenvalue weighted by molar-refractivity contribution is 5.81. The van der Waals surface area contributed by atoms with Crippen LogP contribution in [0.2, 0.25) is 0 Å². The SMILES string of the molecule is O=C(NCC1CC=CCC1)[C@H]1CCCN1. The van der Waals surface area contributed by atoms with Crippen LogP contribution in [0.3, 0.4) is 0 Å². The van der Waals surface area contributed by atoms with Crippen molar-refractivity contribution in [2.75, 3.05) is 13.1 Å². The minimum absolute atomic E-state index is 0.0733. The van der Waals surface area contributed by atoms with Gasteiger partial charge in [-0.3, -0.25) is 4.79 Å². The Labute approximate surface area is 91.3 Å². The first-order chi connectivity index (χ1) is 7.36. The summed E-state index contributed by atoms with van der Waals surface area (Å²) in [5.41, 5.74) is 0. The second-order valence-corrected chi connectivity index (χ2v) is 4.54. The zero-order valence-electron chi connectivity index (χ0n) is 9.17. The van der Waals surface area contributed by atoms with Crippen LogP contribution in [-0.2, 0) is 4.79 Å². The van der Waals surface area contributed by atoms with Crippen molar-refractivity contribution in [3.8, 4) is 0 Å². The molecule has 1 fully saturated rings. The summed E-state index contributed by atoms with van der Waals surface area (Å²) in [6.07, 6.45) is 10.1. The van der Waals surface area contributed by atoms with Gasteiger partial charge in [0.15, 0.2) is 0 Å². The van der Waals surface area contributed by atoms with Crippen molar-refractivity contribution in [2.24, 2.45) is 5.92 Å². The molecule has 1 unspecified atom stereocenters. The van der Waals surface area contributed by atoms with Crippen LogP contribution in [0.15, 0.2) is 12.2 Å². The Bertz CT molecular complexity index is 244.